The molecule has 1 aliphatic rings. The lowest BCUT2D eigenvalue weighted by atomic mass is 9.89. The summed E-state index contributed by atoms with van der Waals surface area (Å²) in [5.41, 5.74) is 0. The summed E-state index contributed by atoms with van der Waals surface area (Å²) in [5, 5.41) is 6.66. The van der Waals surface area contributed by atoms with Crippen molar-refractivity contribution in [1.29, 1.82) is 0 Å². The fourth-order valence-electron chi connectivity index (χ4n) is 2.86. The number of hydrogen-bond acceptors (Lipinski definition) is 2. The highest BCUT2D eigenvalue weighted by Crippen LogP contribution is 2.43. The molecule has 1 aromatic heterocycles. The second-order valence-corrected chi connectivity index (χ2v) is 6.10. The van der Waals surface area contributed by atoms with E-state index in [1.165, 1.54) is 24.1 Å². The maximum atomic E-state index is 6.27. The number of halogens is 1. The van der Waals surface area contributed by atoms with Crippen LogP contribution in [0.25, 0.3) is 0 Å². The Labute approximate surface area is 107 Å². The molecule has 3 heteroatoms. The number of hydrogen-bond donors (Lipinski definition) is 1. The molecule has 3 atom stereocenters. The van der Waals surface area contributed by atoms with E-state index in [2.05, 4.69) is 24.5 Å². The van der Waals surface area contributed by atoms with Gasteiger partial charge in [-0.25, -0.2) is 0 Å². The lowest BCUT2D eigenvalue weighted by Gasteiger charge is -2.27. The van der Waals surface area contributed by atoms with Gasteiger partial charge in [-0.2, -0.15) is 0 Å². The summed E-state index contributed by atoms with van der Waals surface area (Å²) in [6, 6.07) is 2.49. The zero-order valence-corrected chi connectivity index (χ0v) is 11.6. The largest absolute Gasteiger partial charge is 0.309 e. The summed E-state index contributed by atoms with van der Waals surface area (Å²) in [4.78, 5) is 1.34. The van der Waals surface area contributed by atoms with E-state index in [-0.39, 0.29) is 0 Å². The highest BCUT2D eigenvalue weighted by atomic mass is 35.5. The Morgan fingerprint density at radius 3 is 2.88 bits per heavy atom. The Morgan fingerprint density at radius 2 is 2.38 bits per heavy atom. The van der Waals surface area contributed by atoms with Crippen molar-refractivity contribution in [3.05, 3.63) is 21.3 Å². The normalized spacial score (nSPS) is 27.2. The maximum Gasteiger partial charge on any atom is 0.0561 e. The molecule has 1 aliphatic carbocycles. The molecule has 2 rings (SSSR count). The van der Waals surface area contributed by atoms with Gasteiger partial charge in [0.05, 0.1) is 5.02 Å². The molecule has 1 aromatic rings. The third-order valence-electron chi connectivity index (χ3n) is 3.71. The minimum Gasteiger partial charge on any atom is -0.309 e. The van der Waals surface area contributed by atoms with Gasteiger partial charge in [-0.3, -0.25) is 0 Å². The molecule has 1 N–H and O–H groups in total. The second kappa shape index (κ2) is 5.52. The Morgan fingerprint density at radius 1 is 1.56 bits per heavy atom. The highest BCUT2D eigenvalue weighted by molar-refractivity contribution is 7.10. The first-order valence-electron chi connectivity index (χ1n) is 6.20. The number of thiophene rings is 1. The van der Waals surface area contributed by atoms with Gasteiger partial charge in [0, 0.05) is 10.9 Å². The highest BCUT2D eigenvalue weighted by Gasteiger charge is 2.32. The zero-order valence-electron chi connectivity index (χ0n) is 10.0. The van der Waals surface area contributed by atoms with Gasteiger partial charge >= 0.3 is 0 Å². The van der Waals surface area contributed by atoms with Gasteiger partial charge in [-0.1, -0.05) is 38.3 Å². The Kier molecular flexibility index (Phi) is 4.28. The van der Waals surface area contributed by atoms with Gasteiger partial charge < -0.3 is 5.32 Å². The van der Waals surface area contributed by atoms with Crippen molar-refractivity contribution in [2.24, 2.45) is 11.8 Å². The summed E-state index contributed by atoms with van der Waals surface area (Å²) in [6.07, 6.45) is 4.08. The third-order valence-corrected chi connectivity index (χ3v) is 5.15. The molecule has 3 unspecified atom stereocenters. The van der Waals surface area contributed by atoms with Crippen molar-refractivity contribution in [2.75, 3.05) is 6.54 Å². The van der Waals surface area contributed by atoms with Crippen LogP contribution in [-0.2, 0) is 0 Å². The summed E-state index contributed by atoms with van der Waals surface area (Å²) in [5.74, 6) is 1.58. The first-order chi connectivity index (χ1) is 7.74. The molecule has 0 spiro atoms. The van der Waals surface area contributed by atoms with Crippen molar-refractivity contribution >= 4 is 22.9 Å². The van der Waals surface area contributed by atoms with Crippen molar-refractivity contribution in [3.63, 3.8) is 0 Å². The van der Waals surface area contributed by atoms with Crippen LogP contribution in [0.15, 0.2) is 11.4 Å². The molecular weight excluding hydrogens is 238 g/mol. The maximum absolute atomic E-state index is 6.27. The molecule has 90 valence electrons. The zero-order chi connectivity index (χ0) is 11.5. The molecule has 0 amide bonds. The molecule has 0 saturated heterocycles. The van der Waals surface area contributed by atoms with Crippen LogP contribution < -0.4 is 5.32 Å². The third kappa shape index (κ3) is 2.44. The van der Waals surface area contributed by atoms with E-state index in [4.69, 9.17) is 11.6 Å². The first kappa shape index (κ1) is 12.4. The summed E-state index contributed by atoms with van der Waals surface area (Å²) < 4.78 is 0. The lowest BCUT2D eigenvalue weighted by molar-refractivity contribution is 0.309. The van der Waals surface area contributed by atoms with Crippen LogP contribution in [0, 0.1) is 11.8 Å². The summed E-state index contributed by atoms with van der Waals surface area (Å²) >= 11 is 8.06. The molecule has 1 nitrogen and oxygen atoms in total. The van der Waals surface area contributed by atoms with Crippen molar-refractivity contribution in [2.45, 2.75) is 39.2 Å². The quantitative estimate of drug-likeness (QED) is 0.838. The van der Waals surface area contributed by atoms with Crippen LogP contribution in [0.5, 0.6) is 0 Å². The van der Waals surface area contributed by atoms with Crippen LogP contribution in [-0.4, -0.2) is 6.54 Å². The second-order valence-electron chi connectivity index (χ2n) is 4.74. The monoisotopic (exact) mass is 257 g/mol. The van der Waals surface area contributed by atoms with E-state index in [9.17, 15) is 0 Å². The Hall–Kier alpha value is -0.0500. The molecule has 0 radical (unpaired) electrons. The van der Waals surface area contributed by atoms with E-state index in [0.29, 0.717) is 6.04 Å². The van der Waals surface area contributed by atoms with Crippen LogP contribution in [0.1, 0.15) is 44.0 Å². The van der Waals surface area contributed by atoms with Gasteiger partial charge in [-0.15, -0.1) is 11.3 Å². The minimum absolute atomic E-state index is 0.468. The molecule has 0 aliphatic heterocycles. The van der Waals surface area contributed by atoms with E-state index in [0.717, 1.165) is 23.4 Å². The Bertz CT molecular complexity index is 336. The number of nitrogens with one attached hydrogen (secondary N) is 1. The SMILES string of the molecule is CCNC(c1sccc1Cl)C1CCCC1C. The van der Waals surface area contributed by atoms with E-state index in [1.807, 2.05) is 6.07 Å². The average Bonchev–Trinajstić information content (AvgIpc) is 2.84. The molecule has 1 heterocycles. The summed E-state index contributed by atoms with van der Waals surface area (Å²) in [7, 11) is 0. The average molecular weight is 258 g/mol. The van der Waals surface area contributed by atoms with Gasteiger partial charge in [0.2, 0.25) is 0 Å². The standard InChI is InChI=1S/C13H20ClNS/c1-3-15-12(10-6-4-5-9(10)2)13-11(14)7-8-16-13/h7-10,12,15H,3-6H2,1-2H3. The van der Waals surface area contributed by atoms with Crippen LogP contribution in [0.3, 0.4) is 0 Å². The first-order valence-corrected chi connectivity index (χ1v) is 7.46. The van der Waals surface area contributed by atoms with Gasteiger partial charge in [0.1, 0.15) is 0 Å². The van der Waals surface area contributed by atoms with E-state index in [1.54, 1.807) is 11.3 Å². The van der Waals surface area contributed by atoms with Gasteiger partial charge in [-0.05, 0) is 36.2 Å². The fourth-order valence-corrected chi connectivity index (χ4v) is 4.18. The lowest BCUT2D eigenvalue weighted by Crippen LogP contribution is -2.29. The molecule has 0 bridgehead atoms. The number of rotatable bonds is 4. The Balaban J connectivity index is 2.20. The van der Waals surface area contributed by atoms with Crippen LogP contribution in [0.4, 0.5) is 0 Å². The molecule has 16 heavy (non-hydrogen) atoms. The topological polar surface area (TPSA) is 12.0 Å². The van der Waals surface area contributed by atoms with Crippen molar-refractivity contribution < 1.29 is 0 Å². The molecule has 0 aromatic carbocycles. The van der Waals surface area contributed by atoms with Crippen LogP contribution >= 0.6 is 22.9 Å². The molecular formula is C13H20ClNS. The van der Waals surface area contributed by atoms with Crippen molar-refractivity contribution in [3.8, 4) is 0 Å². The minimum atomic E-state index is 0.468. The van der Waals surface area contributed by atoms with E-state index < -0.39 is 0 Å². The summed E-state index contributed by atoms with van der Waals surface area (Å²) in [6.45, 7) is 5.57. The smallest absolute Gasteiger partial charge is 0.0561 e. The molecule has 1 fully saturated rings. The predicted octanol–water partition coefficient (Wildman–Crippen LogP) is 4.49. The fraction of sp³-hybridized carbons (Fsp3) is 0.692. The van der Waals surface area contributed by atoms with Crippen LogP contribution in [0.2, 0.25) is 5.02 Å². The van der Waals surface area contributed by atoms with E-state index >= 15 is 0 Å². The van der Waals surface area contributed by atoms with Gasteiger partial charge in [0.25, 0.3) is 0 Å². The molecule has 1 saturated carbocycles. The van der Waals surface area contributed by atoms with Crippen molar-refractivity contribution in [1.82, 2.24) is 5.32 Å². The predicted molar refractivity (Wildman–Crippen MR) is 72.3 cm³/mol. The van der Waals surface area contributed by atoms with Gasteiger partial charge in [0.15, 0.2) is 0 Å².